The first kappa shape index (κ1) is 19.2. The van der Waals surface area contributed by atoms with E-state index in [2.05, 4.69) is 10.7 Å². The summed E-state index contributed by atoms with van der Waals surface area (Å²) >= 11 is 6.13. The summed E-state index contributed by atoms with van der Waals surface area (Å²) < 4.78 is 5.48. The minimum atomic E-state index is -1.25. The number of rotatable bonds is 6. The summed E-state index contributed by atoms with van der Waals surface area (Å²) in [6.07, 6.45) is 1.60. The minimum Gasteiger partial charge on any atom is -0.394 e. The zero-order valence-electron chi connectivity index (χ0n) is 15.4. The lowest BCUT2D eigenvalue weighted by molar-refractivity contribution is -0.133. The number of carbonyl (C=O) groups excluding carboxylic acids is 2. The fraction of sp³-hybridized carbons (Fsp3) is 0.474. The van der Waals surface area contributed by atoms with Crippen molar-refractivity contribution in [2.75, 3.05) is 26.9 Å². The number of amides is 2. The molecule has 0 spiro atoms. The molecule has 1 aromatic rings. The number of likely N-dealkylation sites (N-methyl/N-ethyl adjacent to an activating group) is 1. The monoisotopic (exact) mass is 406 g/mol. The van der Waals surface area contributed by atoms with Gasteiger partial charge in [-0.25, -0.2) is 0 Å². The molecule has 8 nitrogen and oxygen atoms in total. The van der Waals surface area contributed by atoms with E-state index in [1.54, 1.807) is 29.3 Å². The minimum absolute atomic E-state index is 0.0957. The maximum Gasteiger partial charge on any atom is 0.268 e. The summed E-state index contributed by atoms with van der Waals surface area (Å²) in [5.74, 6) is -0.648. The van der Waals surface area contributed by atoms with E-state index in [1.807, 2.05) is 6.07 Å². The molecule has 2 aliphatic heterocycles. The zero-order valence-corrected chi connectivity index (χ0v) is 16.1. The Balaban J connectivity index is 1.79. The van der Waals surface area contributed by atoms with Crippen LogP contribution in [0.25, 0.3) is 0 Å². The third-order valence-electron chi connectivity index (χ3n) is 6.05. The van der Waals surface area contributed by atoms with Crippen molar-refractivity contribution in [2.24, 2.45) is 23.5 Å². The molecule has 5 N–H and O–H groups in total. The van der Waals surface area contributed by atoms with E-state index in [9.17, 15) is 14.7 Å². The van der Waals surface area contributed by atoms with Crippen LogP contribution in [0, 0.1) is 17.8 Å². The molecular weight excluding hydrogens is 384 g/mol. The molecule has 2 amide bonds. The van der Waals surface area contributed by atoms with Gasteiger partial charge in [0, 0.05) is 18.0 Å². The number of nitrogens with one attached hydrogen (secondary N) is 2. The molecule has 2 fully saturated rings. The van der Waals surface area contributed by atoms with E-state index >= 15 is 0 Å². The van der Waals surface area contributed by atoms with Gasteiger partial charge in [-0.15, -0.1) is 0 Å². The summed E-state index contributed by atoms with van der Waals surface area (Å²) in [5, 5.41) is 14.9. The third-order valence-corrected chi connectivity index (χ3v) is 6.28. The number of benzene rings is 1. The van der Waals surface area contributed by atoms with Crippen molar-refractivity contribution in [2.45, 2.75) is 11.6 Å². The lowest BCUT2D eigenvalue weighted by Gasteiger charge is -2.41. The number of hydrogen-bond acceptors (Lipinski definition) is 6. The molecule has 0 aromatic heterocycles. The second-order valence-electron chi connectivity index (χ2n) is 7.45. The molecule has 4 rings (SSSR count). The Bertz CT molecular complexity index is 837. The standard InChI is InChI=1S/C19H23ClN4O4/c1-22-17(26)14-6-19(18(21)27,16-12-8-28-9-13(12)16)24(23-14)15(7-25)10-3-2-4-11(20)5-10/h2-6,12-13,15-16,23,25H,7-9H2,1H3,(H2,21,27)(H,22,26)/t12-,13+,15-,16?,19?/m0/s1. The molecule has 2 unspecified atom stereocenters. The number of fused-ring (bicyclic) bond motifs is 1. The number of hydrazine groups is 1. The summed E-state index contributed by atoms with van der Waals surface area (Å²) in [4.78, 5) is 25.2. The number of aliphatic hydroxyl groups is 1. The Morgan fingerprint density at radius 3 is 2.75 bits per heavy atom. The van der Waals surface area contributed by atoms with Crippen LogP contribution >= 0.6 is 11.6 Å². The van der Waals surface area contributed by atoms with Crippen molar-refractivity contribution in [1.82, 2.24) is 15.8 Å². The van der Waals surface area contributed by atoms with Crippen LogP contribution in [-0.2, 0) is 14.3 Å². The molecule has 2 heterocycles. The molecule has 150 valence electrons. The van der Waals surface area contributed by atoms with Crippen LogP contribution in [0.1, 0.15) is 11.6 Å². The van der Waals surface area contributed by atoms with Crippen LogP contribution in [0.4, 0.5) is 0 Å². The highest BCUT2D eigenvalue weighted by molar-refractivity contribution is 6.30. The van der Waals surface area contributed by atoms with Crippen LogP contribution in [0.5, 0.6) is 0 Å². The lowest BCUT2D eigenvalue weighted by Crippen LogP contribution is -2.61. The van der Waals surface area contributed by atoms with Gasteiger partial charge in [0.1, 0.15) is 11.2 Å². The van der Waals surface area contributed by atoms with Crippen molar-refractivity contribution >= 4 is 23.4 Å². The number of hydrogen-bond donors (Lipinski definition) is 4. The van der Waals surface area contributed by atoms with Gasteiger partial charge in [0.2, 0.25) is 5.91 Å². The molecule has 0 bridgehead atoms. The Morgan fingerprint density at radius 2 is 2.18 bits per heavy atom. The van der Waals surface area contributed by atoms with Crippen LogP contribution < -0.4 is 16.5 Å². The number of halogens is 1. The van der Waals surface area contributed by atoms with Gasteiger partial charge >= 0.3 is 0 Å². The second kappa shape index (κ2) is 7.04. The molecule has 28 heavy (non-hydrogen) atoms. The second-order valence-corrected chi connectivity index (χ2v) is 7.89. The summed E-state index contributed by atoms with van der Waals surface area (Å²) in [6.45, 7) is 0.820. The van der Waals surface area contributed by atoms with Crippen molar-refractivity contribution in [3.63, 3.8) is 0 Å². The van der Waals surface area contributed by atoms with E-state index in [0.717, 1.165) is 0 Å². The molecule has 1 aliphatic carbocycles. The Morgan fingerprint density at radius 1 is 1.46 bits per heavy atom. The highest BCUT2D eigenvalue weighted by Gasteiger charge is 2.69. The first-order chi connectivity index (χ1) is 13.4. The van der Waals surface area contributed by atoms with Gasteiger partial charge < -0.3 is 26.3 Å². The summed E-state index contributed by atoms with van der Waals surface area (Å²) in [6, 6.07) is 6.41. The van der Waals surface area contributed by atoms with Crippen molar-refractivity contribution in [3.8, 4) is 0 Å². The normalized spacial score (nSPS) is 32.2. The van der Waals surface area contributed by atoms with Gasteiger partial charge in [-0.2, -0.15) is 5.01 Å². The molecule has 1 aromatic carbocycles. The SMILES string of the molecule is CNC(=O)C1=CC(C(N)=O)(C2[C@H]3COC[C@@H]23)N([C@@H](CO)c2cccc(Cl)c2)N1. The lowest BCUT2D eigenvalue weighted by atomic mass is 9.86. The van der Waals surface area contributed by atoms with Crippen LogP contribution in [-0.4, -0.2) is 54.3 Å². The Hall–Kier alpha value is -2.13. The van der Waals surface area contributed by atoms with Gasteiger partial charge in [0.25, 0.3) is 5.91 Å². The highest BCUT2D eigenvalue weighted by Crippen LogP contribution is 2.60. The first-order valence-electron chi connectivity index (χ1n) is 9.19. The Labute approximate surface area is 167 Å². The van der Waals surface area contributed by atoms with Crippen molar-refractivity contribution < 1.29 is 19.4 Å². The van der Waals surface area contributed by atoms with Gasteiger partial charge in [0.05, 0.1) is 25.9 Å². The maximum absolute atomic E-state index is 12.8. The van der Waals surface area contributed by atoms with Crippen molar-refractivity contribution in [3.05, 3.63) is 46.6 Å². The number of primary amides is 1. The maximum atomic E-state index is 12.8. The van der Waals surface area contributed by atoms with Gasteiger partial charge in [0.15, 0.2) is 0 Å². The molecule has 5 atom stereocenters. The van der Waals surface area contributed by atoms with Crippen molar-refractivity contribution in [1.29, 1.82) is 0 Å². The van der Waals surface area contributed by atoms with E-state index in [-0.39, 0.29) is 36.0 Å². The molecule has 1 saturated heterocycles. The zero-order chi connectivity index (χ0) is 20.1. The number of ether oxygens (including phenoxy) is 1. The topological polar surface area (TPSA) is 117 Å². The molecular formula is C19H23ClN4O4. The number of aliphatic hydroxyl groups excluding tert-OH is 1. The number of nitrogens with two attached hydrogens (primary N) is 1. The quantitative estimate of drug-likeness (QED) is 0.526. The highest BCUT2D eigenvalue weighted by atomic mass is 35.5. The third kappa shape index (κ3) is 2.79. The number of nitrogens with zero attached hydrogens (tertiary/aromatic N) is 1. The Kier molecular flexibility index (Phi) is 4.83. The van der Waals surface area contributed by atoms with Gasteiger partial charge in [-0.05, 0) is 35.6 Å². The predicted molar refractivity (Wildman–Crippen MR) is 102 cm³/mol. The van der Waals surface area contributed by atoms with E-state index < -0.39 is 17.5 Å². The van der Waals surface area contributed by atoms with Gasteiger partial charge in [-0.3, -0.25) is 9.59 Å². The molecule has 0 radical (unpaired) electrons. The first-order valence-corrected chi connectivity index (χ1v) is 9.56. The fourth-order valence-electron chi connectivity index (χ4n) is 4.68. The summed E-state index contributed by atoms with van der Waals surface area (Å²) in [7, 11) is 1.51. The van der Waals surface area contributed by atoms with Crippen LogP contribution in [0.2, 0.25) is 5.02 Å². The summed E-state index contributed by atoms with van der Waals surface area (Å²) in [5.41, 5.74) is 8.64. The van der Waals surface area contributed by atoms with E-state index in [4.69, 9.17) is 22.1 Å². The fourth-order valence-corrected chi connectivity index (χ4v) is 4.88. The molecule has 9 heteroatoms. The average Bonchev–Trinajstić information content (AvgIpc) is 3.03. The van der Waals surface area contributed by atoms with Crippen LogP contribution in [0.15, 0.2) is 36.0 Å². The number of carbonyl (C=O) groups is 2. The van der Waals surface area contributed by atoms with Crippen LogP contribution in [0.3, 0.4) is 0 Å². The predicted octanol–water partition coefficient (Wildman–Crippen LogP) is -0.0600. The molecule has 3 aliphatic rings. The van der Waals surface area contributed by atoms with E-state index in [0.29, 0.717) is 23.8 Å². The van der Waals surface area contributed by atoms with E-state index in [1.165, 1.54) is 7.05 Å². The molecule has 1 saturated carbocycles. The van der Waals surface area contributed by atoms with Gasteiger partial charge in [-0.1, -0.05) is 23.7 Å². The smallest absolute Gasteiger partial charge is 0.268 e. The largest absolute Gasteiger partial charge is 0.394 e. The average molecular weight is 407 g/mol.